The van der Waals surface area contributed by atoms with Crippen molar-refractivity contribution in [2.45, 2.75) is 69.9 Å². The van der Waals surface area contributed by atoms with Crippen LogP contribution in [0.1, 0.15) is 58.3 Å². The molecule has 1 atom stereocenters. The molecule has 16 heavy (non-hydrogen) atoms. The maximum atomic E-state index is 5.28. The molecule has 0 heterocycles. The van der Waals surface area contributed by atoms with Gasteiger partial charge in [0.1, 0.15) is 0 Å². The molecule has 2 rings (SSSR count). The van der Waals surface area contributed by atoms with Gasteiger partial charge in [0.05, 0.1) is 0 Å². The van der Waals surface area contributed by atoms with Crippen LogP contribution < -0.4 is 5.32 Å². The van der Waals surface area contributed by atoms with E-state index in [-0.39, 0.29) is 0 Å². The molecule has 2 aliphatic carbocycles. The predicted octanol–water partition coefficient (Wildman–Crippen LogP) is 3.11. The van der Waals surface area contributed by atoms with Crippen molar-refractivity contribution in [3.63, 3.8) is 0 Å². The van der Waals surface area contributed by atoms with Gasteiger partial charge in [0.15, 0.2) is 0 Å². The summed E-state index contributed by atoms with van der Waals surface area (Å²) >= 11 is 0. The van der Waals surface area contributed by atoms with E-state index >= 15 is 0 Å². The second-order valence-electron chi connectivity index (χ2n) is 5.73. The van der Waals surface area contributed by atoms with Gasteiger partial charge in [0.2, 0.25) is 0 Å². The molecule has 2 heteroatoms. The molecule has 0 amide bonds. The van der Waals surface area contributed by atoms with E-state index in [9.17, 15) is 0 Å². The molecule has 0 saturated heterocycles. The minimum absolute atomic E-state index is 0.416. The van der Waals surface area contributed by atoms with Gasteiger partial charge in [0, 0.05) is 25.3 Å². The molecular formula is C14H27NO. The maximum Gasteiger partial charge on any atom is 0.0479 e. The van der Waals surface area contributed by atoms with Crippen molar-refractivity contribution in [3.8, 4) is 0 Å². The summed E-state index contributed by atoms with van der Waals surface area (Å²) in [7, 11) is 1.82. The molecule has 0 aromatic rings. The molecule has 1 N–H and O–H groups in total. The Labute approximate surface area is 100 Å². The van der Waals surface area contributed by atoms with Gasteiger partial charge in [0.25, 0.3) is 0 Å². The Morgan fingerprint density at radius 2 is 2.00 bits per heavy atom. The topological polar surface area (TPSA) is 21.3 Å². The summed E-state index contributed by atoms with van der Waals surface area (Å²) in [4.78, 5) is 0. The fraction of sp³-hybridized carbons (Fsp3) is 1.00. The van der Waals surface area contributed by atoms with Crippen molar-refractivity contribution in [1.82, 2.24) is 5.32 Å². The van der Waals surface area contributed by atoms with Gasteiger partial charge >= 0.3 is 0 Å². The van der Waals surface area contributed by atoms with E-state index in [0.717, 1.165) is 18.6 Å². The van der Waals surface area contributed by atoms with Crippen LogP contribution in [0.3, 0.4) is 0 Å². The van der Waals surface area contributed by atoms with Crippen LogP contribution >= 0.6 is 0 Å². The van der Waals surface area contributed by atoms with Crippen LogP contribution in [0, 0.1) is 5.92 Å². The lowest BCUT2D eigenvalue weighted by Gasteiger charge is -2.35. The third-order valence-electron chi connectivity index (χ3n) is 4.47. The molecule has 2 saturated carbocycles. The largest absolute Gasteiger partial charge is 0.385 e. The molecule has 0 spiro atoms. The monoisotopic (exact) mass is 225 g/mol. The van der Waals surface area contributed by atoms with Crippen molar-refractivity contribution in [2.24, 2.45) is 5.92 Å². The van der Waals surface area contributed by atoms with Gasteiger partial charge < -0.3 is 10.1 Å². The van der Waals surface area contributed by atoms with Crippen LogP contribution in [-0.2, 0) is 4.74 Å². The fourth-order valence-electron chi connectivity index (χ4n) is 3.26. The number of ether oxygens (including phenoxy) is 1. The van der Waals surface area contributed by atoms with Gasteiger partial charge in [-0.1, -0.05) is 19.8 Å². The second kappa shape index (κ2) is 5.50. The quantitative estimate of drug-likeness (QED) is 0.719. The van der Waals surface area contributed by atoms with Crippen molar-refractivity contribution in [3.05, 3.63) is 0 Å². The lowest BCUT2D eigenvalue weighted by Crippen LogP contribution is -2.49. The van der Waals surface area contributed by atoms with Crippen LogP contribution in [0.25, 0.3) is 0 Å². The van der Waals surface area contributed by atoms with E-state index in [0.29, 0.717) is 5.54 Å². The van der Waals surface area contributed by atoms with Gasteiger partial charge in [-0.05, 0) is 44.4 Å². The Balaban J connectivity index is 1.89. The molecular weight excluding hydrogens is 198 g/mol. The summed E-state index contributed by atoms with van der Waals surface area (Å²) in [5.41, 5.74) is 0.416. The summed E-state index contributed by atoms with van der Waals surface area (Å²) in [6.07, 6.45) is 10.9. The zero-order valence-corrected chi connectivity index (χ0v) is 10.9. The Morgan fingerprint density at radius 3 is 2.50 bits per heavy atom. The first-order valence-corrected chi connectivity index (χ1v) is 7.06. The van der Waals surface area contributed by atoms with Crippen LogP contribution in [-0.4, -0.2) is 25.3 Å². The number of hydrogen-bond acceptors (Lipinski definition) is 2. The van der Waals surface area contributed by atoms with Crippen LogP contribution in [0.2, 0.25) is 0 Å². The normalized spacial score (nSPS) is 25.9. The molecule has 0 radical (unpaired) electrons. The minimum atomic E-state index is 0.416. The van der Waals surface area contributed by atoms with E-state index in [1.54, 1.807) is 0 Å². The Bertz CT molecular complexity index is 207. The predicted molar refractivity (Wildman–Crippen MR) is 67.6 cm³/mol. The van der Waals surface area contributed by atoms with Crippen molar-refractivity contribution in [1.29, 1.82) is 0 Å². The third-order valence-corrected chi connectivity index (χ3v) is 4.47. The Morgan fingerprint density at radius 1 is 1.31 bits per heavy atom. The Kier molecular flexibility index (Phi) is 4.26. The molecule has 2 nitrogen and oxygen atoms in total. The first-order chi connectivity index (χ1) is 7.79. The fourth-order valence-corrected chi connectivity index (χ4v) is 3.26. The highest BCUT2D eigenvalue weighted by molar-refractivity contribution is 4.98. The van der Waals surface area contributed by atoms with Crippen molar-refractivity contribution < 1.29 is 4.74 Å². The average Bonchev–Trinajstić information content (AvgIpc) is 3.05. The first-order valence-electron chi connectivity index (χ1n) is 7.06. The average molecular weight is 225 g/mol. The van der Waals surface area contributed by atoms with Crippen molar-refractivity contribution >= 4 is 0 Å². The molecule has 2 aliphatic rings. The second-order valence-corrected chi connectivity index (χ2v) is 5.73. The van der Waals surface area contributed by atoms with Gasteiger partial charge in [-0.2, -0.15) is 0 Å². The summed E-state index contributed by atoms with van der Waals surface area (Å²) in [5.74, 6) is 0.977. The molecule has 0 aliphatic heterocycles. The minimum Gasteiger partial charge on any atom is -0.385 e. The lowest BCUT2D eigenvalue weighted by molar-refractivity contribution is 0.144. The molecule has 94 valence electrons. The van der Waals surface area contributed by atoms with Crippen LogP contribution in [0.4, 0.5) is 0 Å². The van der Waals surface area contributed by atoms with E-state index in [4.69, 9.17) is 4.74 Å². The lowest BCUT2D eigenvalue weighted by atomic mass is 9.91. The van der Waals surface area contributed by atoms with E-state index in [1.807, 2.05) is 7.11 Å². The Hall–Kier alpha value is -0.0800. The highest BCUT2D eigenvalue weighted by Crippen LogP contribution is 2.39. The van der Waals surface area contributed by atoms with Crippen LogP contribution in [0.5, 0.6) is 0 Å². The first kappa shape index (κ1) is 12.4. The smallest absolute Gasteiger partial charge is 0.0479 e. The summed E-state index contributed by atoms with van der Waals surface area (Å²) in [5, 5.41) is 4.00. The standard InChI is InChI=1S/C14H27NO/c1-3-13(12-6-7-12)15-14(10-11-16-2)8-4-5-9-14/h12-13,15H,3-11H2,1-2H3. The number of nitrogens with one attached hydrogen (secondary N) is 1. The van der Waals surface area contributed by atoms with E-state index < -0.39 is 0 Å². The molecule has 1 unspecified atom stereocenters. The zero-order chi connectivity index (χ0) is 11.4. The molecule has 0 aromatic heterocycles. The third kappa shape index (κ3) is 2.98. The summed E-state index contributed by atoms with van der Waals surface area (Å²) in [6, 6.07) is 0.773. The number of hydrogen-bond donors (Lipinski definition) is 1. The number of rotatable bonds is 7. The summed E-state index contributed by atoms with van der Waals surface area (Å²) in [6.45, 7) is 3.24. The molecule has 0 aromatic carbocycles. The van der Waals surface area contributed by atoms with Gasteiger partial charge in [-0.3, -0.25) is 0 Å². The van der Waals surface area contributed by atoms with Crippen molar-refractivity contribution in [2.75, 3.05) is 13.7 Å². The van der Waals surface area contributed by atoms with Gasteiger partial charge in [-0.25, -0.2) is 0 Å². The van der Waals surface area contributed by atoms with E-state index in [2.05, 4.69) is 12.2 Å². The molecule has 2 fully saturated rings. The highest BCUT2D eigenvalue weighted by Gasteiger charge is 2.39. The van der Waals surface area contributed by atoms with Gasteiger partial charge in [-0.15, -0.1) is 0 Å². The maximum absolute atomic E-state index is 5.28. The summed E-state index contributed by atoms with van der Waals surface area (Å²) < 4.78 is 5.28. The number of methoxy groups -OCH3 is 1. The highest BCUT2D eigenvalue weighted by atomic mass is 16.5. The van der Waals surface area contributed by atoms with Crippen LogP contribution in [0.15, 0.2) is 0 Å². The SMILES string of the molecule is CCC(NC1(CCOC)CCCC1)C1CC1. The zero-order valence-electron chi connectivity index (χ0n) is 10.9. The molecule has 0 bridgehead atoms. The van der Waals surface area contributed by atoms with E-state index in [1.165, 1.54) is 51.4 Å².